The van der Waals surface area contributed by atoms with E-state index < -0.39 is 29.1 Å². The van der Waals surface area contributed by atoms with Gasteiger partial charge in [-0.3, -0.25) is 9.59 Å². The molecule has 0 bridgehead atoms. The molecule has 37 heavy (non-hydrogen) atoms. The Morgan fingerprint density at radius 3 is 2.54 bits per heavy atom. The average molecular weight is 536 g/mol. The van der Waals surface area contributed by atoms with Gasteiger partial charge in [-0.2, -0.15) is 0 Å². The van der Waals surface area contributed by atoms with Gasteiger partial charge in [0.05, 0.1) is 6.61 Å². The molecule has 1 amide bonds. The number of fused-ring (bicyclic) bond motifs is 1. The summed E-state index contributed by atoms with van der Waals surface area (Å²) in [5.74, 6) is -0.520. The minimum atomic E-state index is -1.06. The Kier molecular flexibility index (Phi) is 12.6. The topological polar surface area (TPSA) is 146 Å². The minimum absolute atomic E-state index is 0.0279. The molecule has 2 aromatic carbocycles. The highest BCUT2D eigenvalue weighted by molar-refractivity contribution is 8.13. The molecule has 0 radical (unpaired) electrons. The van der Waals surface area contributed by atoms with Crippen LogP contribution >= 0.6 is 11.8 Å². The molecule has 12 heteroatoms. The van der Waals surface area contributed by atoms with Gasteiger partial charge in [-0.05, 0) is 17.9 Å². The number of nitrogens with one attached hydrogen (secondary N) is 2. The summed E-state index contributed by atoms with van der Waals surface area (Å²) in [5, 5.41) is 16.7. The molecule has 0 aliphatic heterocycles. The van der Waals surface area contributed by atoms with Crippen molar-refractivity contribution in [1.29, 1.82) is 0 Å². The van der Waals surface area contributed by atoms with E-state index in [1.165, 1.54) is 6.92 Å². The predicted octanol–water partition coefficient (Wildman–Crippen LogP) is 2.88. The number of nitrogens with zero attached hydrogens (tertiary/aromatic N) is 1. The Balaban J connectivity index is 2.00. The van der Waals surface area contributed by atoms with Crippen molar-refractivity contribution in [2.45, 2.75) is 51.8 Å². The van der Waals surface area contributed by atoms with Crippen LogP contribution in [0, 0.1) is 10.1 Å². The van der Waals surface area contributed by atoms with Crippen LogP contribution in [0.2, 0.25) is 0 Å². The second kappa shape index (κ2) is 15.7. The van der Waals surface area contributed by atoms with E-state index in [-0.39, 0.29) is 43.0 Å². The van der Waals surface area contributed by atoms with E-state index in [1.54, 1.807) is 0 Å². The van der Waals surface area contributed by atoms with Gasteiger partial charge in [0, 0.05) is 37.1 Å². The highest BCUT2D eigenvalue weighted by Crippen LogP contribution is 2.25. The van der Waals surface area contributed by atoms with Crippen LogP contribution < -0.4 is 15.4 Å². The third kappa shape index (κ3) is 11.5. The van der Waals surface area contributed by atoms with E-state index >= 15 is 0 Å². The van der Waals surface area contributed by atoms with Gasteiger partial charge < -0.3 is 24.9 Å². The summed E-state index contributed by atoms with van der Waals surface area (Å²) >= 11 is 0.844. The van der Waals surface area contributed by atoms with Crippen LogP contribution in [-0.2, 0) is 24.0 Å². The quantitative estimate of drug-likeness (QED) is 0.142. The van der Waals surface area contributed by atoms with Crippen LogP contribution in [0.1, 0.15) is 33.6 Å². The van der Waals surface area contributed by atoms with Crippen LogP contribution in [0.15, 0.2) is 42.5 Å². The van der Waals surface area contributed by atoms with Crippen molar-refractivity contribution in [2.75, 3.05) is 25.5 Å². The zero-order valence-electron chi connectivity index (χ0n) is 21.1. The molecule has 0 aliphatic carbocycles. The molecule has 202 valence electrons. The number of rotatable bonds is 16. The smallest absolute Gasteiger partial charge is 0.329 e. The first-order valence-electron chi connectivity index (χ1n) is 11.9. The largest absolute Gasteiger partial charge is 0.489 e. The Labute approximate surface area is 219 Å². The van der Waals surface area contributed by atoms with Crippen molar-refractivity contribution >= 4 is 39.5 Å². The van der Waals surface area contributed by atoms with Gasteiger partial charge in [0.2, 0.25) is 5.91 Å². The van der Waals surface area contributed by atoms with Gasteiger partial charge in [0.1, 0.15) is 24.5 Å². The van der Waals surface area contributed by atoms with Gasteiger partial charge in [0.15, 0.2) is 5.12 Å². The Morgan fingerprint density at radius 2 is 1.84 bits per heavy atom. The number of carbonyl (C=O) groups excluding carboxylic acids is 3. The fourth-order valence-corrected chi connectivity index (χ4v) is 4.13. The van der Waals surface area contributed by atoms with Crippen molar-refractivity contribution in [3.63, 3.8) is 0 Å². The van der Waals surface area contributed by atoms with E-state index in [1.807, 2.05) is 56.3 Å². The van der Waals surface area contributed by atoms with E-state index in [2.05, 4.69) is 15.5 Å². The maximum absolute atomic E-state index is 13.0. The predicted molar refractivity (Wildman–Crippen MR) is 140 cm³/mol. The summed E-state index contributed by atoms with van der Waals surface area (Å²) in [5.41, 5.74) is 0. The highest BCUT2D eigenvalue weighted by atomic mass is 32.2. The maximum atomic E-state index is 13.0. The molecule has 2 unspecified atom stereocenters. The first-order chi connectivity index (χ1) is 17.7. The van der Waals surface area contributed by atoms with E-state index in [4.69, 9.17) is 9.47 Å². The molecule has 2 rings (SSSR count). The van der Waals surface area contributed by atoms with Gasteiger partial charge >= 0.3 is 5.97 Å². The van der Waals surface area contributed by atoms with Crippen molar-refractivity contribution in [3.8, 4) is 5.75 Å². The number of benzene rings is 2. The lowest BCUT2D eigenvalue weighted by atomic mass is 10.1. The number of amides is 1. The molecular formula is C25H33N3O8S. The third-order valence-electron chi connectivity index (χ3n) is 5.01. The van der Waals surface area contributed by atoms with Crippen molar-refractivity contribution in [2.24, 2.45) is 0 Å². The second-order valence-corrected chi connectivity index (χ2v) is 9.58. The molecule has 0 spiro atoms. The van der Waals surface area contributed by atoms with E-state index in [0.29, 0.717) is 12.3 Å². The number of esters is 1. The summed E-state index contributed by atoms with van der Waals surface area (Å²) in [6.45, 7) is 5.39. The normalized spacial score (nSPS) is 12.5. The first-order valence-corrected chi connectivity index (χ1v) is 12.9. The summed E-state index contributed by atoms with van der Waals surface area (Å²) in [7, 11) is 0. The van der Waals surface area contributed by atoms with E-state index in [0.717, 1.165) is 22.5 Å². The second-order valence-electron chi connectivity index (χ2n) is 8.51. The molecule has 0 fully saturated rings. The number of ether oxygens (including phenoxy) is 2. The average Bonchev–Trinajstić information content (AvgIpc) is 2.85. The van der Waals surface area contributed by atoms with Crippen molar-refractivity contribution in [1.82, 2.24) is 10.6 Å². The molecular weight excluding hydrogens is 502 g/mol. The van der Waals surface area contributed by atoms with Gasteiger partial charge in [-0.15, -0.1) is 10.1 Å². The number of hydrogen-bond acceptors (Lipinski definition) is 10. The molecule has 0 saturated carbocycles. The fourth-order valence-electron chi connectivity index (χ4n) is 3.27. The highest BCUT2D eigenvalue weighted by Gasteiger charge is 2.26. The lowest BCUT2D eigenvalue weighted by molar-refractivity contribution is -0.757. The summed E-state index contributed by atoms with van der Waals surface area (Å²) in [4.78, 5) is 51.1. The van der Waals surface area contributed by atoms with Gasteiger partial charge in [-0.1, -0.05) is 62.0 Å². The summed E-state index contributed by atoms with van der Waals surface area (Å²) < 4.78 is 11.7. The number of carbonyl (C=O) groups is 3. The molecule has 2 N–H and O–H groups in total. The number of hydrogen-bond donors (Lipinski definition) is 2. The molecule has 11 nitrogen and oxygen atoms in total. The van der Waals surface area contributed by atoms with Crippen LogP contribution in [0.3, 0.4) is 0 Å². The van der Waals surface area contributed by atoms with Crippen LogP contribution in [0.25, 0.3) is 10.8 Å². The fraction of sp³-hybridized carbons (Fsp3) is 0.480. The zero-order chi connectivity index (χ0) is 27.2. The Morgan fingerprint density at radius 1 is 1.11 bits per heavy atom. The van der Waals surface area contributed by atoms with Crippen LogP contribution in [-0.4, -0.2) is 65.8 Å². The minimum Gasteiger partial charge on any atom is -0.489 e. The third-order valence-corrected chi connectivity index (χ3v) is 6.03. The summed E-state index contributed by atoms with van der Waals surface area (Å²) in [6.07, 6.45) is -0.471. The standard InChI is InChI=1S/C25H33N3O8S/c1-17(2)26-14-20(15-34-23-11-6-9-19-8-4-5-10-21(19)23)36-25(31)22(27-18(3)29)16-37-24(30)12-7-13-35-28(32)33/h4-6,8-11,17,20,22,26H,7,12-16H2,1-3H3,(H,27,29). The van der Waals surface area contributed by atoms with Crippen LogP contribution in [0.5, 0.6) is 5.75 Å². The summed E-state index contributed by atoms with van der Waals surface area (Å²) in [6, 6.07) is 12.6. The monoisotopic (exact) mass is 535 g/mol. The molecule has 0 aromatic heterocycles. The molecule has 0 saturated heterocycles. The maximum Gasteiger partial charge on any atom is 0.329 e. The Bertz CT molecular complexity index is 1060. The van der Waals surface area contributed by atoms with Crippen molar-refractivity contribution in [3.05, 3.63) is 52.6 Å². The van der Waals surface area contributed by atoms with E-state index in [9.17, 15) is 24.5 Å². The first kappa shape index (κ1) is 29.8. The van der Waals surface area contributed by atoms with Crippen LogP contribution in [0.4, 0.5) is 0 Å². The lowest BCUT2D eigenvalue weighted by Gasteiger charge is -2.24. The van der Waals surface area contributed by atoms with Gasteiger partial charge in [0.25, 0.3) is 5.09 Å². The number of thioether (sulfide) groups is 1. The SMILES string of the molecule is CC(=O)NC(CSC(=O)CCCO[N+](=O)[O-])C(=O)OC(CNC(C)C)COc1cccc2ccccc12. The lowest BCUT2D eigenvalue weighted by Crippen LogP contribution is -2.46. The molecule has 0 aliphatic rings. The zero-order valence-corrected chi connectivity index (χ0v) is 22.0. The van der Waals surface area contributed by atoms with Gasteiger partial charge in [-0.25, -0.2) is 4.79 Å². The molecule has 2 aromatic rings. The molecule has 2 atom stereocenters. The molecule has 0 heterocycles. The van der Waals surface area contributed by atoms with Crippen molar-refractivity contribution < 1.29 is 33.8 Å². The Hall–Kier alpha value is -3.38.